The first-order valence-electron chi connectivity index (χ1n) is 6.86. The molecule has 0 spiro atoms. The van der Waals surface area contributed by atoms with Crippen molar-refractivity contribution in [2.75, 3.05) is 11.9 Å². The van der Waals surface area contributed by atoms with E-state index in [0.717, 1.165) is 39.8 Å². The van der Waals surface area contributed by atoms with Gasteiger partial charge < -0.3 is 5.32 Å². The van der Waals surface area contributed by atoms with Gasteiger partial charge in [0, 0.05) is 11.6 Å². The van der Waals surface area contributed by atoms with E-state index in [1.165, 1.54) is 0 Å². The third-order valence-electron chi connectivity index (χ3n) is 3.20. The maximum absolute atomic E-state index is 5.91. The quantitative estimate of drug-likeness (QED) is 0.803. The van der Waals surface area contributed by atoms with Gasteiger partial charge in [0.1, 0.15) is 11.6 Å². The Morgan fingerprint density at radius 2 is 1.95 bits per heavy atom. The van der Waals surface area contributed by atoms with Crippen LogP contribution in [0.15, 0.2) is 30.5 Å². The van der Waals surface area contributed by atoms with E-state index in [0.29, 0.717) is 6.54 Å². The molecular weight excluding hydrogens is 286 g/mol. The Morgan fingerprint density at radius 3 is 2.67 bits per heavy atom. The van der Waals surface area contributed by atoms with Crippen molar-refractivity contribution in [3.8, 4) is 0 Å². The molecule has 1 aromatic carbocycles. The van der Waals surface area contributed by atoms with E-state index >= 15 is 0 Å². The molecule has 2 heterocycles. The summed E-state index contributed by atoms with van der Waals surface area (Å²) in [4.78, 5) is 8.95. The zero-order valence-corrected chi connectivity index (χ0v) is 12.7. The largest absolute Gasteiger partial charge is 0.370 e. The van der Waals surface area contributed by atoms with Crippen LogP contribution in [0.4, 0.5) is 5.82 Å². The van der Waals surface area contributed by atoms with Gasteiger partial charge in [0.25, 0.3) is 0 Å². The number of rotatable bonds is 4. The minimum absolute atomic E-state index is 0.655. The van der Waals surface area contributed by atoms with Crippen molar-refractivity contribution < 1.29 is 0 Å². The molecule has 0 amide bonds. The zero-order chi connectivity index (χ0) is 14.8. The lowest BCUT2D eigenvalue weighted by molar-refractivity contribution is 0.702. The second kappa shape index (κ2) is 5.69. The van der Waals surface area contributed by atoms with Gasteiger partial charge in [-0.3, -0.25) is 0 Å². The lowest BCUT2D eigenvalue weighted by Gasteiger charge is -2.07. The normalized spacial score (nSPS) is 11.0. The molecule has 0 aliphatic rings. The highest BCUT2D eigenvalue weighted by Crippen LogP contribution is 2.21. The van der Waals surface area contributed by atoms with Crippen molar-refractivity contribution >= 4 is 28.5 Å². The third kappa shape index (κ3) is 2.83. The Hall–Kier alpha value is -2.14. The van der Waals surface area contributed by atoms with Crippen molar-refractivity contribution in [1.29, 1.82) is 0 Å². The minimum atomic E-state index is 0.655. The van der Waals surface area contributed by atoms with Crippen molar-refractivity contribution in [3.63, 3.8) is 0 Å². The van der Waals surface area contributed by atoms with Crippen LogP contribution in [0, 0.1) is 6.92 Å². The summed E-state index contributed by atoms with van der Waals surface area (Å²) in [7, 11) is 0. The molecule has 5 nitrogen and oxygen atoms in total. The molecule has 21 heavy (non-hydrogen) atoms. The fraction of sp³-hybridized carbons (Fsp3) is 0.267. The second-order valence-electron chi connectivity index (χ2n) is 4.82. The van der Waals surface area contributed by atoms with E-state index < -0.39 is 0 Å². The summed E-state index contributed by atoms with van der Waals surface area (Å²) in [6, 6.07) is 7.75. The molecule has 0 atom stereocenters. The van der Waals surface area contributed by atoms with E-state index in [4.69, 9.17) is 11.6 Å². The Bertz CT molecular complexity index is 764. The van der Waals surface area contributed by atoms with Gasteiger partial charge in [-0.25, -0.2) is 14.6 Å². The summed E-state index contributed by atoms with van der Waals surface area (Å²) in [5.41, 5.74) is 1.97. The number of aromatic nitrogens is 4. The van der Waals surface area contributed by atoms with E-state index in [-0.39, 0.29) is 0 Å². The van der Waals surface area contributed by atoms with Crippen LogP contribution < -0.4 is 5.32 Å². The van der Waals surface area contributed by atoms with E-state index in [1.807, 2.05) is 49.0 Å². The number of fused-ring (bicyclic) bond motifs is 1. The molecule has 0 radical (unpaired) electrons. The molecule has 1 N–H and O–H groups in total. The standard InChI is InChI=1S/C15H16ClN5/c1-3-17-14-13-8-18-21(15(13)20-10(2)19-14)9-11-4-6-12(16)7-5-11/h4-8H,3,9H2,1-2H3,(H,17,19,20). The van der Waals surface area contributed by atoms with Gasteiger partial charge in [0.15, 0.2) is 5.65 Å². The molecule has 0 fully saturated rings. The number of nitrogens with one attached hydrogen (secondary N) is 1. The van der Waals surface area contributed by atoms with Gasteiger partial charge in [-0.05, 0) is 31.5 Å². The van der Waals surface area contributed by atoms with Crippen LogP contribution in [0.25, 0.3) is 11.0 Å². The molecule has 0 aliphatic heterocycles. The number of aryl methyl sites for hydroxylation is 1. The zero-order valence-electron chi connectivity index (χ0n) is 12.0. The molecule has 0 unspecified atom stereocenters. The molecule has 0 saturated carbocycles. The monoisotopic (exact) mass is 301 g/mol. The highest BCUT2D eigenvalue weighted by atomic mass is 35.5. The van der Waals surface area contributed by atoms with E-state index in [2.05, 4.69) is 20.4 Å². The smallest absolute Gasteiger partial charge is 0.163 e. The van der Waals surface area contributed by atoms with Crippen LogP contribution in [0.5, 0.6) is 0 Å². The fourth-order valence-electron chi connectivity index (χ4n) is 2.24. The fourth-order valence-corrected chi connectivity index (χ4v) is 2.37. The Kier molecular flexibility index (Phi) is 3.75. The van der Waals surface area contributed by atoms with Crippen LogP contribution in [0.1, 0.15) is 18.3 Å². The van der Waals surface area contributed by atoms with Gasteiger partial charge in [-0.2, -0.15) is 5.10 Å². The van der Waals surface area contributed by atoms with Gasteiger partial charge in [0.05, 0.1) is 18.1 Å². The Balaban J connectivity index is 2.01. The predicted octanol–water partition coefficient (Wildman–Crippen LogP) is 3.27. The second-order valence-corrected chi connectivity index (χ2v) is 5.25. The first kappa shape index (κ1) is 13.8. The van der Waals surface area contributed by atoms with Gasteiger partial charge in [0.2, 0.25) is 0 Å². The lowest BCUT2D eigenvalue weighted by Crippen LogP contribution is -2.06. The maximum atomic E-state index is 5.91. The summed E-state index contributed by atoms with van der Waals surface area (Å²) < 4.78 is 1.88. The first-order chi connectivity index (χ1) is 10.2. The number of halogens is 1. The van der Waals surface area contributed by atoms with Crippen LogP contribution >= 0.6 is 11.6 Å². The highest BCUT2D eigenvalue weighted by Gasteiger charge is 2.11. The number of benzene rings is 1. The van der Waals surface area contributed by atoms with E-state index in [1.54, 1.807) is 0 Å². The van der Waals surface area contributed by atoms with E-state index in [9.17, 15) is 0 Å². The molecule has 0 aliphatic carbocycles. The Morgan fingerprint density at radius 1 is 1.19 bits per heavy atom. The SMILES string of the molecule is CCNc1nc(C)nc2c1cnn2Cc1ccc(Cl)cc1. The number of nitrogens with zero attached hydrogens (tertiary/aromatic N) is 4. The Labute approximate surface area is 128 Å². The molecule has 108 valence electrons. The number of anilines is 1. The number of hydrogen-bond acceptors (Lipinski definition) is 4. The molecule has 3 rings (SSSR count). The summed E-state index contributed by atoms with van der Waals surface area (Å²) in [6.45, 7) is 5.40. The summed E-state index contributed by atoms with van der Waals surface area (Å²) in [5.74, 6) is 1.57. The van der Waals surface area contributed by atoms with Crippen molar-refractivity contribution in [2.45, 2.75) is 20.4 Å². The summed E-state index contributed by atoms with van der Waals surface area (Å²) >= 11 is 5.91. The average molecular weight is 302 g/mol. The number of hydrogen-bond donors (Lipinski definition) is 1. The predicted molar refractivity (Wildman–Crippen MR) is 84.8 cm³/mol. The molecule has 0 saturated heterocycles. The molecular formula is C15H16ClN5. The highest BCUT2D eigenvalue weighted by molar-refractivity contribution is 6.30. The van der Waals surface area contributed by atoms with Gasteiger partial charge >= 0.3 is 0 Å². The lowest BCUT2D eigenvalue weighted by atomic mass is 10.2. The third-order valence-corrected chi connectivity index (χ3v) is 3.45. The van der Waals surface area contributed by atoms with Crippen LogP contribution in [0.2, 0.25) is 5.02 Å². The maximum Gasteiger partial charge on any atom is 0.163 e. The summed E-state index contributed by atoms with van der Waals surface area (Å²) in [6.07, 6.45) is 1.81. The van der Waals surface area contributed by atoms with Crippen LogP contribution in [0.3, 0.4) is 0 Å². The molecule has 0 bridgehead atoms. The average Bonchev–Trinajstić information content (AvgIpc) is 2.85. The van der Waals surface area contributed by atoms with Crippen LogP contribution in [-0.4, -0.2) is 26.3 Å². The molecule has 3 aromatic rings. The van der Waals surface area contributed by atoms with Gasteiger partial charge in [-0.15, -0.1) is 0 Å². The van der Waals surface area contributed by atoms with Crippen molar-refractivity contribution in [1.82, 2.24) is 19.7 Å². The first-order valence-corrected chi connectivity index (χ1v) is 7.23. The molecule has 6 heteroatoms. The summed E-state index contributed by atoms with van der Waals surface area (Å²) in [5, 5.41) is 9.37. The van der Waals surface area contributed by atoms with Crippen LogP contribution in [-0.2, 0) is 6.54 Å². The van der Waals surface area contributed by atoms with Gasteiger partial charge in [-0.1, -0.05) is 23.7 Å². The minimum Gasteiger partial charge on any atom is -0.370 e. The topological polar surface area (TPSA) is 55.6 Å². The molecule has 2 aromatic heterocycles. The van der Waals surface area contributed by atoms with Crippen molar-refractivity contribution in [3.05, 3.63) is 46.9 Å². The van der Waals surface area contributed by atoms with Crippen molar-refractivity contribution in [2.24, 2.45) is 0 Å².